The number of carboxylic acid groups (broad SMARTS) is 1. The maximum Gasteiger partial charge on any atom is 0.356 e. The van der Waals surface area contributed by atoms with Gasteiger partial charge in [0.2, 0.25) is 0 Å². The van der Waals surface area contributed by atoms with Gasteiger partial charge in [-0.25, -0.2) is 9.48 Å². The molecule has 0 fully saturated rings. The van der Waals surface area contributed by atoms with Gasteiger partial charge in [-0.15, -0.1) is 0 Å². The van der Waals surface area contributed by atoms with Crippen LogP contribution in [0, 0.1) is 0 Å². The second kappa shape index (κ2) is 4.54. The topological polar surface area (TPSA) is 85.3 Å². The zero-order valence-electron chi connectivity index (χ0n) is 8.46. The van der Waals surface area contributed by atoms with Gasteiger partial charge in [0.1, 0.15) is 12.3 Å². The number of furan rings is 1. The van der Waals surface area contributed by atoms with Crippen molar-refractivity contribution in [1.82, 2.24) is 9.78 Å². The highest BCUT2D eigenvalue weighted by molar-refractivity contribution is 9.10. The van der Waals surface area contributed by atoms with Crippen LogP contribution < -0.4 is 5.56 Å². The molecule has 1 N–H and O–H groups in total. The summed E-state index contributed by atoms with van der Waals surface area (Å²) in [5.74, 6) is -0.673. The highest BCUT2D eigenvalue weighted by atomic mass is 79.9. The van der Waals surface area contributed by atoms with E-state index in [4.69, 9.17) is 9.52 Å². The first-order chi connectivity index (χ1) is 8.06. The molecule has 0 saturated heterocycles. The molecule has 0 bridgehead atoms. The molecular weight excluding hydrogens is 292 g/mol. The first-order valence-electron chi connectivity index (χ1n) is 4.62. The number of rotatable bonds is 3. The van der Waals surface area contributed by atoms with Crippen molar-refractivity contribution in [2.45, 2.75) is 6.54 Å². The lowest BCUT2D eigenvalue weighted by Gasteiger charge is -2.02. The van der Waals surface area contributed by atoms with E-state index in [1.807, 2.05) is 0 Å². The third kappa shape index (κ3) is 2.62. The lowest BCUT2D eigenvalue weighted by Crippen LogP contribution is -2.24. The van der Waals surface area contributed by atoms with Gasteiger partial charge in [-0.1, -0.05) is 0 Å². The van der Waals surface area contributed by atoms with Crippen molar-refractivity contribution in [2.75, 3.05) is 0 Å². The molecule has 88 valence electrons. The fourth-order valence-corrected chi connectivity index (χ4v) is 1.60. The van der Waals surface area contributed by atoms with Crippen molar-refractivity contribution < 1.29 is 14.3 Å². The Morgan fingerprint density at radius 1 is 1.41 bits per heavy atom. The summed E-state index contributed by atoms with van der Waals surface area (Å²) in [5, 5.41) is 12.5. The monoisotopic (exact) mass is 298 g/mol. The summed E-state index contributed by atoms with van der Waals surface area (Å²) in [7, 11) is 0. The molecule has 0 amide bonds. The van der Waals surface area contributed by atoms with Crippen molar-refractivity contribution in [2.24, 2.45) is 0 Å². The van der Waals surface area contributed by atoms with Crippen molar-refractivity contribution in [3.63, 3.8) is 0 Å². The molecule has 6 nitrogen and oxygen atoms in total. The Hall–Kier alpha value is -1.89. The minimum atomic E-state index is -1.18. The number of hydrogen-bond acceptors (Lipinski definition) is 4. The number of aromatic nitrogens is 2. The Balaban J connectivity index is 2.35. The van der Waals surface area contributed by atoms with Crippen LogP contribution in [-0.2, 0) is 6.54 Å². The van der Waals surface area contributed by atoms with Gasteiger partial charge in [0.15, 0.2) is 10.4 Å². The first kappa shape index (κ1) is 11.6. The second-order valence-corrected chi connectivity index (χ2v) is 4.01. The highest BCUT2D eigenvalue weighted by Crippen LogP contribution is 2.14. The predicted molar refractivity (Wildman–Crippen MR) is 61.0 cm³/mol. The Kier molecular flexibility index (Phi) is 3.10. The van der Waals surface area contributed by atoms with Crippen molar-refractivity contribution >= 4 is 21.9 Å². The van der Waals surface area contributed by atoms with E-state index < -0.39 is 5.97 Å². The van der Waals surface area contributed by atoms with Crippen LogP contribution in [0.5, 0.6) is 0 Å². The summed E-state index contributed by atoms with van der Waals surface area (Å²) < 4.78 is 6.79. The van der Waals surface area contributed by atoms with E-state index in [9.17, 15) is 9.59 Å². The standard InChI is InChI=1S/C10H7BrN2O4/c11-8-3-1-6(17-8)5-13-9(14)4-2-7(12-13)10(15)16/h1-4H,5H2,(H,15,16). The number of halogens is 1. The van der Waals surface area contributed by atoms with Crippen LogP contribution in [0.3, 0.4) is 0 Å². The minimum absolute atomic E-state index is 0.0888. The van der Waals surface area contributed by atoms with E-state index in [1.54, 1.807) is 12.1 Å². The highest BCUT2D eigenvalue weighted by Gasteiger charge is 2.09. The van der Waals surface area contributed by atoms with E-state index in [0.29, 0.717) is 10.4 Å². The lowest BCUT2D eigenvalue weighted by molar-refractivity contribution is 0.0687. The van der Waals surface area contributed by atoms with Gasteiger partial charge in [-0.05, 0) is 34.1 Å². The van der Waals surface area contributed by atoms with Crippen LogP contribution in [0.2, 0.25) is 0 Å². The van der Waals surface area contributed by atoms with Gasteiger partial charge in [-0.2, -0.15) is 5.10 Å². The van der Waals surface area contributed by atoms with Gasteiger partial charge < -0.3 is 9.52 Å². The van der Waals surface area contributed by atoms with Crippen LogP contribution in [0.4, 0.5) is 0 Å². The molecular formula is C10H7BrN2O4. The molecule has 0 atom stereocenters. The molecule has 0 radical (unpaired) electrons. The van der Waals surface area contributed by atoms with Gasteiger partial charge in [0, 0.05) is 6.07 Å². The van der Waals surface area contributed by atoms with Crippen LogP contribution in [0.15, 0.2) is 38.1 Å². The number of nitrogens with zero attached hydrogens (tertiary/aromatic N) is 2. The Labute approximate surface area is 104 Å². The summed E-state index contributed by atoms with van der Waals surface area (Å²) in [6, 6.07) is 5.68. The molecule has 2 aromatic rings. The van der Waals surface area contributed by atoms with Crippen molar-refractivity contribution in [3.05, 3.63) is 50.7 Å². The van der Waals surface area contributed by atoms with Crippen LogP contribution in [-0.4, -0.2) is 20.9 Å². The molecule has 0 spiro atoms. The molecule has 0 saturated carbocycles. The van der Waals surface area contributed by atoms with Gasteiger partial charge in [0.25, 0.3) is 5.56 Å². The molecule has 2 heterocycles. The van der Waals surface area contributed by atoms with Gasteiger partial charge in [0.05, 0.1) is 0 Å². The third-order valence-corrected chi connectivity index (χ3v) is 2.45. The average Bonchev–Trinajstić information content (AvgIpc) is 2.67. The molecule has 0 aliphatic heterocycles. The molecule has 0 aromatic carbocycles. The fraction of sp³-hybridized carbons (Fsp3) is 0.100. The van der Waals surface area contributed by atoms with Crippen molar-refractivity contribution in [1.29, 1.82) is 0 Å². The van der Waals surface area contributed by atoms with E-state index in [-0.39, 0.29) is 17.8 Å². The smallest absolute Gasteiger partial charge is 0.356 e. The number of carbonyl (C=O) groups is 1. The number of aromatic carboxylic acids is 1. The average molecular weight is 299 g/mol. The summed E-state index contributed by atoms with van der Waals surface area (Å²) in [4.78, 5) is 22.2. The molecule has 17 heavy (non-hydrogen) atoms. The molecule has 0 aliphatic carbocycles. The quantitative estimate of drug-likeness (QED) is 0.924. The Morgan fingerprint density at radius 3 is 2.76 bits per heavy atom. The Morgan fingerprint density at radius 2 is 2.18 bits per heavy atom. The Bertz CT molecular complexity index is 617. The molecule has 2 rings (SSSR count). The first-order valence-corrected chi connectivity index (χ1v) is 5.41. The third-order valence-electron chi connectivity index (χ3n) is 2.02. The molecule has 0 unspecified atom stereocenters. The SMILES string of the molecule is O=C(O)c1ccc(=O)n(Cc2ccc(Br)o2)n1. The van der Waals surface area contributed by atoms with Gasteiger partial charge in [-0.3, -0.25) is 4.79 Å². The summed E-state index contributed by atoms with van der Waals surface area (Å²) in [5.41, 5.74) is -0.572. The molecule has 7 heteroatoms. The normalized spacial score (nSPS) is 10.4. The van der Waals surface area contributed by atoms with Crippen LogP contribution in [0.25, 0.3) is 0 Å². The summed E-state index contributed by atoms with van der Waals surface area (Å²) in [6.07, 6.45) is 0. The van der Waals surface area contributed by atoms with E-state index >= 15 is 0 Å². The zero-order chi connectivity index (χ0) is 12.4. The maximum absolute atomic E-state index is 11.5. The van der Waals surface area contributed by atoms with Crippen molar-refractivity contribution in [3.8, 4) is 0 Å². The molecule has 2 aromatic heterocycles. The predicted octanol–water partition coefficient (Wildman–Crippen LogP) is 1.35. The summed E-state index contributed by atoms with van der Waals surface area (Å²) in [6.45, 7) is 0.0888. The molecule has 0 aliphatic rings. The minimum Gasteiger partial charge on any atom is -0.476 e. The van der Waals surface area contributed by atoms with E-state index in [1.165, 1.54) is 6.07 Å². The zero-order valence-corrected chi connectivity index (χ0v) is 10.0. The summed E-state index contributed by atoms with van der Waals surface area (Å²) >= 11 is 3.13. The van der Waals surface area contributed by atoms with E-state index in [2.05, 4.69) is 21.0 Å². The second-order valence-electron chi connectivity index (χ2n) is 3.23. The number of hydrogen-bond donors (Lipinski definition) is 1. The fourth-order valence-electron chi connectivity index (χ4n) is 1.26. The van der Waals surface area contributed by atoms with Crippen LogP contribution in [0.1, 0.15) is 16.2 Å². The van der Waals surface area contributed by atoms with Crippen LogP contribution >= 0.6 is 15.9 Å². The lowest BCUT2D eigenvalue weighted by atomic mass is 10.4. The van der Waals surface area contributed by atoms with E-state index in [0.717, 1.165) is 10.7 Å². The number of carboxylic acids is 1. The maximum atomic E-state index is 11.5. The largest absolute Gasteiger partial charge is 0.476 e. The van der Waals surface area contributed by atoms with Gasteiger partial charge >= 0.3 is 5.97 Å².